The zero-order valence-electron chi connectivity index (χ0n) is 22.7. The molecule has 2 aromatic carbocycles. The maximum absolute atomic E-state index is 14.0. The Kier molecular flexibility index (Phi) is 8.18. The molecule has 0 radical (unpaired) electrons. The van der Waals surface area contributed by atoms with Crippen LogP contribution in [0.3, 0.4) is 0 Å². The summed E-state index contributed by atoms with van der Waals surface area (Å²) in [6, 6.07) is 8.05. The number of nitrogens with one attached hydrogen (secondary N) is 2. The van der Waals surface area contributed by atoms with Crippen LogP contribution in [0.15, 0.2) is 47.4 Å². The number of carbonyl (C=O) groups is 2. The third-order valence-electron chi connectivity index (χ3n) is 7.33. The van der Waals surface area contributed by atoms with Crippen molar-refractivity contribution >= 4 is 33.4 Å². The van der Waals surface area contributed by atoms with Crippen molar-refractivity contribution in [2.24, 2.45) is 5.41 Å². The summed E-state index contributed by atoms with van der Waals surface area (Å²) in [6.07, 6.45) is -7.25. The van der Waals surface area contributed by atoms with E-state index < -0.39 is 39.8 Å². The number of halogens is 4. The number of sulfonamides is 1. The second-order valence-corrected chi connectivity index (χ2v) is 12.9. The molecular weight excluding hydrogens is 570 g/mol. The maximum Gasteiger partial charge on any atom is 0.428 e. The molecule has 0 unspecified atom stereocenters. The van der Waals surface area contributed by atoms with Crippen molar-refractivity contribution in [1.82, 2.24) is 5.32 Å². The van der Waals surface area contributed by atoms with Gasteiger partial charge in [0.1, 0.15) is 17.7 Å². The van der Waals surface area contributed by atoms with Crippen LogP contribution >= 0.6 is 0 Å². The first-order chi connectivity index (χ1) is 19.0. The van der Waals surface area contributed by atoms with Crippen molar-refractivity contribution in [3.63, 3.8) is 0 Å². The summed E-state index contributed by atoms with van der Waals surface area (Å²) in [5.41, 5.74) is -3.01. The molecule has 1 atom stereocenters. The Morgan fingerprint density at radius 2 is 1.71 bits per heavy atom. The Labute approximate surface area is 235 Å². The predicted molar refractivity (Wildman–Crippen MR) is 142 cm³/mol. The van der Waals surface area contributed by atoms with Gasteiger partial charge in [-0.05, 0) is 73.6 Å². The number of fused-ring (bicyclic) bond motifs is 1. The number of hydrogen-bond acceptors (Lipinski definition) is 6. The fourth-order valence-corrected chi connectivity index (χ4v) is 6.31. The van der Waals surface area contributed by atoms with Gasteiger partial charge < -0.3 is 14.8 Å². The smallest absolute Gasteiger partial charge is 0.428 e. The van der Waals surface area contributed by atoms with E-state index in [-0.39, 0.29) is 72.1 Å². The van der Waals surface area contributed by atoms with E-state index in [4.69, 9.17) is 9.47 Å². The Morgan fingerprint density at radius 3 is 2.29 bits per heavy atom. The highest BCUT2D eigenvalue weighted by Crippen LogP contribution is 2.50. The Balaban J connectivity index is 1.62. The van der Waals surface area contributed by atoms with E-state index in [1.54, 1.807) is 0 Å². The van der Waals surface area contributed by atoms with Gasteiger partial charge in [-0.25, -0.2) is 17.6 Å². The average Bonchev–Trinajstić information content (AvgIpc) is 2.88. The first kappa shape index (κ1) is 30.4. The molecule has 1 aliphatic carbocycles. The number of carbonyl (C=O) groups excluding carboxylic acids is 2. The van der Waals surface area contributed by atoms with Gasteiger partial charge in [0.25, 0.3) is 10.0 Å². The van der Waals surface area contributed by atoms with Crippen LogP contribution in [0.2, 0.25) is 0 Å². The summed E-state index contributed by atoms with van der Waals surface area (Å²) >= 11 is 0. The van der Waals surface area contributed by atoms with Crippen molar-refractivity contribution in [2.75, 3.05) is 22.7 Å². The van der Waals surface area contributed by atoms with Gasteiger partial charge in [0.05, 0.1) is 23.7 Å². The number of anilines is 2. The van der Waals surface area contributed by atoms with E-state index in [0.29, 0.717) is 0 Å². The highest BCUT2D eigenvalue weighted by atomic mass is 32.2. The van der Waals surface area contributed by atoms with Crippen LogP contribution in [0.5, 0.6) is 5.75 Å². The molecule has 41 heavy (non-hydrogen) atoms. The maximum atomic E-state index is 14.0. The standard InChI is InChI=1S/C27H31F4N3O6S/c1-17(35)32-15-20-16-34(41(37,38)21-7-4-18(28)5-8-21)22-14-19(6-9-23(22)39-20)33-24(36)40-26(27(29,30)31)12-10-25(2,3)11-13-26/h4-9,14,20H,10-13,15-16H2,1-3H3,(H,32,35)(H,33,36)/t20-/m0/s1. The fraction of sp³-hybridized carbons (Fsp3) is 0.481. The SMILES string of the molecule is CC(=O)NC[C@H]1CN(S(=O)(=O)c2ccc(F)cc2)c2cc(NC(=O)OC3(C(F)(F)F)CCC(C)(C)CC3)ccc2O1. The minimum atomic E-state index is -4.78. The molecule has 1 aliphatic heterocycles. The van der Waals surface area contributed by atoms with Crippen molar-refractivity contribution in [1.29, 1.82) is 0 Å². The summed E-state index contributed by atoms with van der Waals surface area (Å²) in [4.78, 5) is 23.9. The van der Waals surface area contributed by atoms with Crippen LogP contribution in [0.1, 0.15) is 46.5 Å². The number of hydrogen-bond donors (Lipinski definition) is 2. The third kappa shape index (κ3) is 6.68. The van der Waals surface area contributed by atoms with Gasteiger partial charge in [0.15, 0.2) is 0 Å². The van der Waals surface area contributed by atoms with Crippen molar-refractivity contribution < 1.29 is 45.0 Å². The molecule has 1 fully saturated rings. The van der Waals surface area contributed by atoms with E-state index in [1.165, 1.54) is 25.1 Å². The molecule has 14 heteroatoms. The molecule has 4 rings (SSSR count). The second-order valence-electron chi connectivity index (χ2n) is 11.0. The molecule has 2 N–H and O–H groups in total. The van der Waals surface area contributed by atoms with Gasteiger partial charge in [-0.3, -0.25) is 14.4 Å². The molecule has 2 amide bonds. The molecule has 1 saturated carbocycles. The lowest BCUT2D eigenvalue weighted by atomic mass is 9.70. The lowest BCUT2D eigenvalue weighted by Crippen LogP contribution is -2.52. The molecule has 9 nitrogen and oxygen atoms in total. The topological polar surface area (TPSA) is 114 Å². The summed E-state index contributed by atoms with van der Waals surface area (Å²) < 4.78 is 94.6. The van der Waals surface area contributed by atoms with E-state index in [9.17, 15) is 35.6 Å². The van der Waals surface area contributed by atoms with E-state index >= 15 is 0 Å². The molecule has 2 aliphatic rings. The van der Waals surface area contributed by atoms with Crippen LogP contribution in [0.25, 0.3) is 0 Å². The molecule has 0 spiro atoms. The Hall–Kier alpha value is -3.55. The summed E-state index contributed by atoms with van der Waals surface area (Å²) in [5, 5.41) is 4.84. The van der Waals surface area contributed by atoms with E-state index in [2.05, 4.69) is 10.6 Å². The van der Waals surface area contributed by atoms with Crippen LogP contribution in [-0.2, 0) is 19.6 Å². The first-order valence-electron chi connectivity index (χ1n) is 12.9. The number of ether oxygens (including phenoxy) is 2. The zero-order valence-corrected chi connectivity index (χ0v) is 23.5. The number of benzene rings is 2. The minimum Gasteiger partial charge on any atom is -0.484 e. The molecule has 1 heterocycles. The fourth-order valence-electron chi connectivity index (χ4n) is 4.81. The number of amides is 2. The highest BCUT2D eigenvalue weighted by molar-refractivity contribution is 7.92. The second kappa shape index (κ2) is 11.0. The Bertz CT molecular complexity index is 1400. The Morgan fingerprint density at radius 1 is 1.07 bits per heavy atom. The molecule has 224 valence electrons. The molecule has 0 saturated heterocycles. The number of rotatable bonds is 6. The van der Waals surface area contributed by atoms with Crippen molar-refractivity contribution in [2.45, 2.75) is 69.2 Å². The largest absolute Gasteiger partial charge is 0.484 e. The van der Waals surface area contributed by atoms with Gasteiger partial charge >= 0.3 is 12.3 Å². The summed E-state index contributed by atoms with van der Waals surface area (Å²) in [6.45, 7) is 4.72. The van der Waals surface area contributed by atoms with Gasteiger partial charge in [0.2, 0.25) is 11.5 Å². The van der Waals surface area contributed by atoms with Crippen LogP contribution in [-0.4, -0.2) is 51.4 Å². The molecule has 2 aromatic rings. The van der Waals surface area contributed by atoms with Crippen LogP contribution < -0.4 is 19.7 Å². The third-order valence-corrected chi connectivity index (χ3v) is 9.13. The molecule has 0 bridgehead atoms. The van der Waals surface area contributed by atoms with Gasteiger partial charge in [-0.15, -0.1) is 0 Å². The monoisotopic (exact) mass is 601 g/mol. The highest BCUT2D eigenvalue weighted by Gasteiger charge is 2.60. The first-order valence-corrected chi connectivity index (χ1v) is 14.4. The van der Waals surface area contributed by atoms with E-state index in [1.807, 2.05) is 13.8 Å². The normalized spacial score (nSPS) is 19.9. The van der Waals surface area contributed by atoms with Crippen LogP contribution in [0.4, 0.5) is 33.7 Å². The van der Waals surface area contributed by atoms with Crippen LogP contribution in [0, 0.1) is 11.2 Å². The van der Waals surface area contributed by atoms with E-state index in [0.717, 1.165) is 28.6 Å². The van der Waals surface area contributed by atoms with Gasteiger partial charge in [-0.1, -0.05) is 13.8 Å². The van der Waals surface area contributed by atoms with Gasteiger partial charge in [-0.2, -0.15) is 13.2 Å². The number of nitrogens with zero attached hydrogens (tertiary/aromatic N) is 1. The van der Waals surface area contributed by atoms with Crippen molar-refractivity contribution in [3.05, 3.63) is 48.3 Å². The minimum absolute atomic E-state index is 0.0175. The summed E-state index contributed by atoms with van der Waals surface area (Å²) in [7, 11) is -4.29. The zero-order chi connectivity index (χ0) is 30.2. The predicted octanol–water partition coefficient (Wildman–Crippen LogP) is 5.37. The average molecular weight is 602 g/mol. The molecular formula is C27H31F4N3O6S. The lowest BCUT2D eigenvalue weighted by molar-refractivity contribution is -0.271. The summed E-state index contributed by atoms with van der Waals surface area (Å²) in [5.74, 6) is -0.918. The van der Waals surface area contributed by atoms with Gasteiger partial charge in [0, 0.05) is 12.6 Å². The quantitative estimate of drug-likeness (QED) is 0.431. The van der Waals surface area contributed by atoms with Crippen molar-refractivity contribution in [3.8, 4) is 5.75 Å². The number of alkyl halides is 3. The molecule has 0 aromatic heterocycles. The lowest BCUT2D eigenvalue weighted by Gasteiger charge is -2.43.